The number of benzene rings is 2. The Kier molecular flexibility index (Phi) is 7.05. The maximum Gasteiger partial charge on any atom is 0.331 e. The monoisotopic (exact) mass is 376 g/mol. The highest BCUT2D eigenvalue weighted by molar-refractivity contribution is 5.98. The highest BCUT2D eigenvalue weighted by Crippen LogP contribution is 2.28. The summed E-state index contributed by atoms with van der Waals surface area (Å²) >= 11 is 0. The van der Waals surface area contributed by atoms with E-state index in [0.29, 0.717) is 23.7 Å². The number of rotatable bonds is 8. The Hall–Kier alpha value is -3.22. The van der Waals surface area contributed by atoms with Crippen LogP contribution in [0.5, 0.6) is 11.5 Å². The van der Waals surface area contributed by atoms with Gasteiger partial charge in [-0.1, -0.05) is 6.07 Å². The number of methoxy groups -OCH3 is 1. The molecule has 0 saturated heterocycles. The third-order valence-electron chi connectivity index (χ3n) is 3.49. The van der Waals surface area contributed by atoms with Crippen LogP contribution in [0.4, 0.5) is 8.78 Å². The zero-order valence-corrected chi connectivity index (χ0v) is 14.8. The van der Waals surface area contributed by atoms with Crippen molar-refractivity contribution in [3.05, 3.63) is 65.2 Å². The van der Waals surface area contributed by atoms with Crippen molar-refractivity contribution in [2.45, 2.75) is 6.92 Å². The van der Waals surface area contributed by atoms with Crippen LogP contribution in [0, 0.1) is 11.6 Å². The molecule has 5 nitrogen and oxygen atoms in total. The molecule has 0 aliphatic carbocycles. The molecule has 0 atom stereocenters. The molecule has 0 aliphatic heterocycles. The van der Waals surface area contributed by atoms with Crippen molar-refractivity contribution in [3.63, 3.8) is 0 Å². The molecule has 0 amide bonds. The summed E-state index contributed by atoms with van der Waals surface area (Å²) in [7, 11) is 1.50. The quantitative estimate of drug-likeness (QED) is 0.398. The fraction of sp³-hybridized carbons (Fsp3) is 0.200. The summed E-state index contributed by atoms with van der Waals surface area (Å²) < 4.78 is 41.4. The minimum atomic E-state index is -1.14. The summed E-state index contributed by atoms with van der Waals surface area (Å²) in [6.07, 6.45) is 2.64. The van der Waals surface area contributed by atoms with Crippen LogP contribution in [0.15, 0.2) is 42.5 Å². The second kappa shape index (κ2) is 9.47. The first-order valence-electron chi connectivity index (χ1n) is 8.08. The van der Waals surface area contributed by atoms with Gasteiger partial charge in [-0.3, -0.25) is 4.79 Å². The number of hydrogen-bond acceptors (Lipinski definition) is 5. The molecular weight excluding hydrogens is 358 g/mol. The van der Waals surface area contributed by atoms with Crippen molar-refractivity contribution in [2.24, 2.45) is 0 Å². The fourth-order valence-electron chi connectivity index (χ4n) is 2.16. The van der Waals surface area contributed by atoms with E-state index < -0.39 is 30.0 Å². The number of carbonyl (C=O) groups is 2. The number of carbonyl (C=O) groups excluding carboxylic acids is 2. The lowest BCUT2D eigenvalue weighted by molar-refractivity contribution is -0.136. The number of ketones is 1. The van der Waals surface area contributed by atoms with Gasteiger partial charge in [-0.2, -0.15) is 0 Å². The van der Waals surface area contributed by atoms with E-state index in [9.17, 15) is 18.4 Å². The molecule has 7 heteroatoms. The molecule has 2 aromatic carbocycles. The zero-order chi connectivity index (χ0) is 19.8. The van der Waals surface area contributed by atoms with E-state index in [2.05, 4.69) is 0 Å². The van der Waals surface area contributed by atoms with Crippen LogP contribution in [0.3, 0.4) is 0 Å². The van der Waals surface area contributed by atoms with E-state index >= 15 is 0 Å². The van der Waals surface area contributed by atoms with E-state index in [1.54, 1.807) is 18.2 Å². The van der Waals surface area contributed by atoms with Gasteiger partial charge in [0.15, 0.2) is 35.5 Å². The van der Waals surface area contributed by atoms with Crippen LogP contribution in [0.25, 0.3) is 6.08 Å². The standard InChI is InChI=1S/C20H18F2O5/c1-3-26-18-8-4-13(10-19(18)25-2)5-9-20(24)27-12-17(23)14-6-7-15(21)16(22)11-14/h4-11H,3,12H2,1-2H3/b9-5+. The molecule has 0 saturated carbocycles. The van der Waals surface area contributed by atoms with Crippen molar-refractivity contribution in [1.29, 1.82) is 0 Å². The van der Waals surface area contributed by atoms with Crippen LogP contribution >= 0.6 is 0 Å². The summed E-state index contributed by atoms with van der Waals surface area (Å²) in [5.41, 5.74) is 0.584. The highest BCUT2D eigenvalue weighted by Gasteiger charge is 2.11. The minimum Gasteiger partial charge on any atom is -0.493 e. The average Bonchev–Trinajstić information content (AvgIpc) is 2.67. The first kappa shape index (κ1) is 20.1. The second-order valence-corrected chi connectivity index (χ2v) is 5.34. The molecule has 2 rings (SSSR count). The zero-order valence-electron chi connectivity index (χ0n) is 14.8. The molecule has 0 spiro atoms. The lowest BCUT2D eigenvalue weighted by atomic mass is 10.1. The van der Waals surface area contributed by atoms with E-state index in [1.165, 1.54) is 13.2 Å². The molecule has 0 aliphatic rings. The largest absolute Gasteiger partial charge is 0.493 e. The first-order chi connectivity index (χ1) is 12.9. The van der Waals surface area contributed by atoms with Gasteiger partial charge in [0.25, 0.3) is 0 Å². The minimum absolute atomic E-state index is 0.0815. The lowest BCUT2D eigenvalue weighted by Crippen LogP contribution is -2.13. The van der Waals surface area contributed by atoms with Gasteiger partial charge < -0.3 is 14.2 Å². The van der Waals surface area contributed by atoms with Gasteiger partial charge in [0.1, 0.15) is 0 Å². The van der Waals surface area contributed by atoms with Crippen molar-refractivity contribution in [1.82, 2.24) is 0 Å². The van der Waals surface area contributed by atoms with Gasteiger partial charge >= 0.3 is 5.97 Å². The number of esters is 1. The third-order valence-corrected chi connectivity index (χ3v) is 3.49. The van der Waals surface area contributed by atoms with E-state index in [-0.39, 0.29) is 5.56 Å². The Morgan fingerprint density at radius 2 is 1.81 bits per heavy atom. The van der Waals surface area contributed by atoms with Gasteiger partial charge in [0.2, 0.25) is 0 Å². The van der Waals surface area contributed by atoms with Crippen LogP contribution < -0.4 is 9.47 Å². The van der Waals surface area contributed by atoms with Gasteiger partial charge in [-0.05, 0) is 48.9 Å². The SMILES string of the molecule is CCOc1ccc(/C=C/C(=O)OCC(=O)c2ccc(F)c(F)c2)cc1OC. The van der Waals surface area contributed by atoms with Gasteiger partial charge in [-0.25, -0.2) is 13.6 Å². The number of ether oxygens (including phenoxy) is 3. The Morgan fingerprint density at radius 1 is 1.04 bits per heavy atom. The second-order valence-electron chi connectivity index (χ2n) is 5.34. The molecule has 2 aromatic rings. The van der Waals surface area contributed by atoms with E-state index in [4.69, 9.17) is 14.2 Å². The molecule has 0 unspecified atom stereocenters. The Labute approximate surface area is 155 Å². The molecule has 0 bridgehead atoms. The Bertz CT molecular complexity index is 861. The lowest BCUT2D eigenvalue weighted by Gasteiger charge is -2.09. The molecule has 0 fully saturated rings. The van der Waals surface area contributed by atoms with Crippen LogP contribution in [0.1, 0.15) is 22.8 Å². The molecule has 27 heavy (non-hydrogen) atoms. The highest BCUT2D eigenvalue weighted by atomic mass is 19.2. The normalized spacial score (nSPS) is 10.7. The van der Waals surface area contributed by atoms with E-state index in [1.807, 2.05) is 6.92 Å². The van der Waals surface area contributed by atoms with Crippen molar-refractivity contribution < 1.29 is 32.6 Å². The Morgan fingerprint density at radius 3 is 2.48 bits per heavy atom. The summed E-state index contributed by atoms with van der Waals surface area (Å²) in [5, 5.41) is 0. The van der Waals surface area contributed by atoms with Crippen molar-refractivity contribution >= 4 is 17.8 Å². The molecule has 142 valence electrons. The molecule has 0 heterocycles. The maximum atomic E-state index is 13.1. The smallest absolute Gasteiger partial charge is 0.331 e. The summed E-state index contributed by atoms with van der Waals surface area (Å²) in [6.45, 7) is 1.76. The fourth-order valence-corrected chi connectivity index (χ4v) is 2.16. The number of Topliss-reactive ketones (excluding diaryl/α,β-unsaturated/α-hetero) is 1. The molecular formula is C20H18F2O5. The summed E-state index contributed by atoms with van der Waals surface area (Å²) in [6, 6.07) is 7.83. The maximum absolute atomic E-state index is 13.1. The van der Waals surface area contributed by atoms with E-state index in [0.717, 1.165) is 24.3 Å². The van der Waals surface area contributed by atoms with Crippen molar-refractivity contribution in [3.8, 4) is 11.5 Å². The summed E-state index contributed by atoms with van der Waals surface area (Å²) in [4.78, 5) is 23.6. The predicted octanol–water partition coefficient (Wildman–Crippen LogP) is 3.81. The van der Waals surface area contributed by atoms with Crippen LogP contribution in [0.2, 0.25) is 0 Å². The van der Waals surface area contributed by atoms with Crippen molar-refractivity contribution in [2.75, 3.05) is 20.3 Å². The molecule has 0 aromatic heterocycles. The van der Waals surface area contributed by atoms with Crippen LogP contribution in [-0.2, 0) is 9.53 Å². The number of halogens is 2. The summed E-state index contributed by atoms with van der Waals surface area (Å²) in [5.74, 6) is -2.50. The predicted molar refractivity (Wildman–Crippen MR) is 94.8 cm³/mol. The Balaban J connectivity index is 1.94. The molecule has 0 N–H and O–H groups in total. The van der Waals surface area contributed by atoms with Gasteiger partial charge in [0, 0.05) is 11.6 Å². The molecule has 0 radical (unpaired) electrons. The van der Waals surface area contributed by atoms with Gasteiger partial charge in [0.05, 0.1) is 13.7 Å². The average molecular weight is 376 g/mol. The topological polar surface area (TPSA) is 61.8 Å². The number of hydrogen-bond donors (Lipinski definition) is 0. The van der Waals surface area contributed by atoms with Crippen LogP contribution in [-0.4, -0.2) is 32.1 Å². The third kappa shape index (κ3) is 5.64. The van der Waals surface area contributed by atoms with Gasteiger partial charge in [-0.15, -0.1) is 0 Å². The first-order valence-corrected chi connectivity index (χ1v) is 8.08.